The summed E-state index contributed by atoms with van der Waals surface area (Å²) >= 11 is 0. The van der Waals surface area contributed by atoms with Crippen molar-refractivity contribution in [2.24, 2.45) is 0 Å². The van der Waals surface area contributed by atoms with Gasteiger partial charge in [0.2, 0.25) is 0 Å². The molecule has 0 heterocycles. The van der Waals surface area contributed by atoms with Gasteiger partial charge in [-0.05, 0) is 152 Å². The van der Waals surface area contributed by atoms with Crippen LogP contribution in [-0.2, 0) is 94.7 Å². The zero-order valence-electron chi connectivity index (χ0n) is 63.4. The average molecular weight is 1410 g/mol. The first kappa shape index (κ1) is 92.4. The number of allylic oxidation sites excluding steroid dienone is 6. The maximum absolute atomic E-state index is 5.64. The van der Waals surface area contributed by atoms with E-state index in [-0.39, 0.29) is 0 Å². The highest BCUT2D eigenvalue weighted by Crippen LogP contribution is 2.23. The zero-order valence-corrected chi connectivity index (χ0v) is 63.4. The summed E-state index contributed by atoms with van der Waals surface area (Å²) in [6.45, 7) is 39.7. The van der Waals surface area contributed by atoms with Gasteiger partial charge in [0.25, 0.3) is 0 Å². The molecule has 0 fully saturated rings. The molecule has 0 N–H and O–H groups in total. The van der Waals surface area contributed by atoms with Gasteiger partial charge in [0.15, 0.2) is 0 Å². The first-order chi connectivity index (χ1) is 49.1. The van der Waals surface area contributed by atoms with E-state index in [0.717, 1.165) is 132 Å². The quantitative estimate of drug-likeness (QED) is 0.0383. The van der Waals surface area contributed by atoms with Crippen molar-refractivity contribution in [1.29, 1.82) is 0 Å². The summed E-state index contributed by atoms with van der Waals surface area (Å²) in [5.41, 5.74) is 13.0. The van der Waals surface area contributed by atoms with Gasteiger partial charge in [-0.25, -0.2) is 0 Å². The zero-order chi connectivity index (χ0) is 72.7. The minimum atomic E-state index is 0.489. The molecule has 0 aliphatic rings. The lowest BCUT2D eigenvalue weighted by molar-refractivity contribution is 0.0144. The van der Waals surface area contributed by atoms with Crippen molar-refractivity contribution in [2.45, 2.75) is 108 Å². The van der Waals surface area contributed by atoms with E-state index in [1.165, 1.54) is 0 Å². The molecule has 0 aliphatic carbocycles. The van der Waals surface area contributed by atoms with E-state index in [2.05, 4.69) is 82.3 Å². The predicted octanol–water partition coefficient (Wildman–Crippen LogP) is 15.2. The number of unbranched alkanes of at least 4 members (excludes halogenated alkanes) is 2. The van der Waals surface area contributed by atoms with E-state index in [4.69, 9.17) is 94.7 Å². The van der Waals surface area contributed by atoms with E-state index < -0.39 is 0 Å². The second-order valence-electron chi connectivity index (χ2n) is 22.8. The van der Waals surface area contributed by atoms with Crippen LogP contribution >= 0.6 is 0 Å². The highest BCUT2D eigenvalue weighted by Gasteiger charge is 2.06. The Morgan fingerprint density at radius 1 is 0.220 bits per heavy atom. The molecule has 3 rings (SSSR count). The largest absolute Gasteiger partial charge is 0.498 e. The first-order valence-electron chi connectivity index (χ1n) is 36.0. The minimum absolute atomic E-state index is 0.489. The molecule has 0 aliphatic heterocycles. The van der Waals surface area contributed by atoms with Gasteiger partial charge in [-0.15, -0.1) is 0 Å². The van der Waals surface area contributed by atoms with Crippen LogP contribution in [0.25, 0.3) is 33.4 Å². The number of hydrogen-bond donors (Lipinski definition) is 0. The van der Waals surface area contributed by atoms with E-state index in [1.54, 1.807) is 51.8 Å². The summed E-state index contributed by atoms with van der Waals surface area (Å²) in [5.74, 6) is 0. The maximum Gasteiger partial charge on any atom is 0.111 e. The number of hydrogen-bond acceptors (Lipinski definition) is 20. The normalized spacial score (nSPS) is 12.2. The fourth-order valence-electron chi connectivity index (χ4n) is 8.18. The molecule has 570 valence electrons. The van der Waals surface area contributed by atoms with E-state index in [9.17, 15) is 0 Å². The van der Waals surface area contributed by atoms with E-state index in [1.807, 2.05) is 59.7 Å². The van der Waals surface area contributed by atoms with Gasteiger partial charge in [-0.3, -0.25) is 0 Å². The van der Waals surface area contributed by atoms with Crippen LogP contribution in [0.3, 0.4) is 0 Å². The lowest BCUT2D eigenvalue weighted by Gasteiger charge is -2.09. The summed E-state index contributed by atoms with van der Waals surface area (Å²) in [7, 11) is 3.30. The highest BCUT2D eigenvalue weighted by molar-refractivity contribution is 5.72. The van der Waals surface area contributed by atoms with Crippen molar-refractivity contribution in [3.05, 3.63) is 144 Å². The van der Waals surface area contributed by atoms with Gasteiger partial charge in [-0.1, -0.05) is 95.1 Å². The number of ether oxygens (including phenoxy) is 20. The van der Waals surface area contributed by atoms with Crippen LogP contribution < -0.4 is 0 Å². The molecule has 0 spiro atoms. The van der Waals surface area contributed by atoms with Crippen molar-refractivity contribution in [3.8, 4) is 0 Å². The van der Waals surface area contributed by atoms with Crippen molar-refractivity contribution < 1.29 is 94.7 Å². The van der Waals surface area contributed by atoms with Gasteiger partial charge in [0.05, 0.1) is 183 Å². The van der Waals surface area contributed by atoms with Crippen molar-refractivity contribution in [1.82, 2.24) is 0 Å². The van der Waals surface area contributed by atoms with Crippen LogP contribution in [0, 0.1) is 0 Å². The third kappa shape index (κ3) is 55.0. The van der Waals surface area contributed by atoms with Gasteiger partial charge in [-0.2, -0.15) is 0 Å². The van der Waals surface area contributed by atoms with Gasteiger partial charge < -0.3 is 94.7 Å². The second-order valence-corrected chi connectivity index (χ2v) is 22.8. The van der Waals surface area contributed by atoms with Crippen molar-refractivity contribution in [3.63, 3.8) is 0 Å². The summed E-state index contributed by atoms with van der Waals surface area (Å²) in [4.78, 5) is 0. The average Bonchev–Trinajstić information content (AvgIpc) is 0.935. The van der Waals surface area contributed by atoms with E-state index in [0.29, 0.717) is 185 Å². The topological polar surface area (TPSA) is 185 Å². The van der Waals surface area contributed by atoms with Gasteiger partial charge in [0, 0.05) is 40.6 Å². The highest BCUT2D eigenvalue weighted by atomic mass is 16.6. The molecule has 0 bridgehead atoms. The van der Waals surface area contributed by atoms with Crippen LogP contribution in [-0.4, -0.2) is 226 Å². The molecule has 0 saturated heterocycles. The lowest BCUT2D eigenvalue weighted by Crippen LogP contribution is -2.10. The fraction of sp³-hybridized carbons (Fsp3) is 0.625. The molecule has 0 atom stereocenters. The molecular formula is C80H130O20. The molecule has 100 heavy (non-hydrogen) atoms. The Bertz CT molecular complexity index is 2260. The van der Waals surface area contributed by atoms with Crippen molar-refractivity contribution in [2.75, 3.05) is 226 Å². The number of benzene rings is 3. The Morgan fingerprint density at radius 3 is 0.570 bits per heavy atom. The van der Waals surface area contributed by atoms with Crippen LogP contribution in [0.4, 0.5) is 0 Å². The van der Waals surface area contributed by atoms with E-state index >= 15 is 0 Å². The lowest BCUT2D eigenvalue weighted by atomic mass is 10.0. The molecule has 0 aromatic heterocycles. The minimum Gasteiger partial charge on any atom is -0.498 e. The van der Waals surface area contributed by atoms with Crippen LogP contribution in [0.2, 0.25) is 0 Å². The predicted molar refractivity (Wildman–Crippen MR) is 401 cm³/mol. The Labute approximate surface area is 602 Å². The standard InChI is InChI=1S/C28H46O6.C26H42O8.C26H42O6/c1-5-7-12-29-14-16-31-18-20-33-23-25(3)27-10-9-11-28(22-27)26(4)24-34-21-19-32-17-15-30-13-8-6-2;1-23(21-33-18-16-31-14-12-29-10-8-27-3)25-6-5-7-26(20-25)24(2)22-34-19-17-32-15-13-30-11-9-28-4;1-5-10-27-12-14-29-16-18-31-21-23(3)25-8-7-9-26(20-25)24(4)22-32-19-17-30-15-13-28-11-6-2/h9-11,22-24H,5-8,12-21H2,1-4H3;5-7,20-22H,8-19H2,1-4H3;7-9,20-22H,5-6,10-19H2,1-4H3. The summed E-state index contributed by atoms with van der Waals surface area (Å²) in [6.07, 6.45) is 17.2. The van der Waals surface area contributed by atoms with Gasteiger partial charge in [0.1, 0.15) is 39.6 Å². The van der Waals surface area contributed by atoms with Gasteiger partial charge >= 0.3 is 0 Å². The molecule has 3 aromatic carbocycles. The summed E-state index contributed by atoms with van der Waals surface area (Å²) in [6, 6.07) is 24.9. The smallest absolute Gasteiger partial charge is 0.111 e. The second kappa shape index (κ2) is 70.4. The molecular weight excluding hydrogens is 1280 g/mol. The SMILES string of the molecule is CCCCOCCOCCOC=C(C)c1cccc(C(C)=COCCOCCOCCCC)c1.CCCOCCOCCOC=C(C)c1cccc(C(C)=COCCOCCOCCC)c1.COCCOCCOCCOC=C(C)c1cccc(C(C)=COCCOCCOCCOC)c1. The Hall–Kier alpha value is -5.66. The first-order valence-corrected chi connectivity index (χ1v) is 36.0. The third-order valence-electron chi connectivity index (χ3n) is 14.0. The Balaban J connectivity index is 0.000000750. The van der Waals surface area contributed by atoms with Crippen molar-refractivity contribution >= 4 is 33.4 Å². The Morgan fingerprint density at radius 2 is 0.390 bits per heavy atom. The summed E-state index contributed by atoms with van der Waals surface area (Å²) in [5, 5.41) is 0. The van der Waals surface area contributed by atoms with Crippen LogP contribution in [0.5, 0.6) is 0 Å². The molecule has 3 aromatic rings. The molecule has 0 saturated carbocycles. The molecule has 20 heteroatoms. The van der Waals surface area contributed by atoms with Crippen LogP contribution in [0.15, 0.2) is 110 Å². The summed E-state index contributed by atoms with van der Waals surface area (Å²) < 4.78 is 109. The number of methoxy groups -OCH3 is 2. The van der Waals surface area contributed by atoms with Crippen LogP contribution in [0.1, 0.15) is 141 Å². The number of rotatable bonds is 64. The molecule has 0 radical (unpaired) electrons. The molecule has 20 nitrogen and oxygen atoms in total. The fourth-order valence-corrected chi connectivity index (χ4v) is 8.18. The Kier molecular flexibility index (Phi) is 65.0. The monoisotopic (exact) mass is 1410 g/mol. The molecule has 0 unspecified atom stereocenters. The maximum atomic E-state index is 5.64. The molecule has 0 amide bonds. The third-order valence-corrected chi connectivity index (χ3v) is 14.0.